The number of rotatable bonds is 8. The molecule has 1 aromatic rings. The summed E-state index contributed by atoms with van der Waals surface area (Å²) in [6.45, 7) is 0. The Morgan fingerprint density at radius 2 is 2.00 bits per heavy atom. The summed E-state index contributed by atoms with van der Waals surface area (Å²) in [7, 11) is 0.754. The number of amides is 1. The van der Waals surface area contributed by atoms with Crippen LogP contribution < -0.4 is 11.1 Å². The first kappa shape index (κ1) is 21.7. The van der Waals surface area contributed by atoms with Crippen LogP contribution in [0.25, 0.3) is 5.57 Å². The molecule has 0 aromatic heterocycles. The Bertz CT molecular complexity index is 1000. The van der Waals surface area contributed by atoms with E-state index >= 15 is 0 Å². The first-order valence-electron chi connectivity index (χ1n) is 11.0. The van der Waals surface area contributed by atoms with E-state index in [1.54, 1.807) is 13.2 Å². The number of allylic oxidation sites excluding steroid dienone is 1. The van der Waals surface area contributed by atoms with Gasteiger partial charge in [-0.1, -0.05) is 12.1 Å². The van der Waals surface area contributed by atoms with Gasteiger partial charge >= 0.3 is 0 Å². The maximum absolute atomic E-state index is 13.1. The fourth-order valence-corrected chi connectivity index (χ4v) is 5.55. The van der Waals surface area contributed by atoms with Gasteiger partial charge in [0, 0.05) is 35.6 Å². The van der Waals surface area contributed by atoms with E-state index in [0.717, 1.165) is 48.1 Å². The van der Waals surface area contributed by atoms with Gasteiger partial charge in [-0.05, 0) is 79.5 Å². The Labute approximate surface area is 185 Å². The van der Waals surface area contributed by atoms with Crippen LogP contribution in [-0.2, 0) is 20.4 Å². The van der Waals surface area contributed by atoms with Crippen LogP contribution in [0.5, 0.6) is 0 Å². The molecule has 3 saturated carbocycles. The molecule has 0 saturated heterocycles. The minimum Gasteiger partial charge on any atom is -0.394 e. The first-order valence-corrected chi connectivity index (χ1v) is 12.2. The van der Waals surface area contributed by atoms with Crippen LogP contribution in [0.1, 0.15) is 62.0 Å². The zero-order valence-corrected chi connectivity index (χ0v) is 18.6. The lowest BCUT2D eigenvalue weighted by Gasteiger charge is -2.13. The van der Waals surface area contributed by atoms with Gasteiger partial charge in [0.15, 0.2) is 0 Å². The Kier molecular flexibility index (Phi) is 6.51. The van der Waals surface area contributed by atoms with E-state index in [1.807, 2.05) is 24.3 Å². The van der Waals surface area contributed by atoms with Crippen LogP contribution in [0.4, 0.5) is 0 Å². The first-order chi connectivity index (χ1) is 15.0. The topological polar surface area (TPSA) is 102 Å². The second-order valence-electron chi connectivity index (χ2n) is 8.61. The van der Waals surface area contributed by atoms with Gasteiger partial charge in [-0.3, -0.25) is 13.8 Å². The SMILES string of the molecule is CN/C=C\C(N)=NC(=O)/C(=C/[C@H]1CCC(=O)C1)c1ccc(S(=O)C2CC2)c(C2CC2)c1. The highest BCUT2D eigenvalue weighted by Crippen LogP contribution is 2.45. The lowest BCUT2D eigenvalue weighted by molar-refractivity contribution is -0.117. The molecule has 0 radical (unpaired) electrons. The highest BCUT2D eigenvalue weighted by Gasteiger charge is 2.34. The summed E-state index contributed by atoms with van der Waals surface area (Å²) in [4.78, 5) is 29.8. The standard InChI is InChI=1S/C24H29N3O3S/c1-26-11-10-23(25)27-24(29)21(13-15-2-6-18(28)12-15)17-5-9-22(31(30)19-7-8-19)20(14-17)16-3-4-16/h5,9-11,13-16,19,26H,2-4,6-8,12H2,1H3,(H2,25,27,29)/b11-10-,21-13+/t15-,31?/m0/s1. The quantitative estimate of drug-likeness (QED) is 0.368. The Morgan fingerprint density at radius 3 is 2.61 bits per heavy atom. The van der Waals surface area contributed by atoms with Gasteiger partial charge in [0.05, 0.1) is 10.8 Å². The number of nitrogens with two attached hydrogens (primary N) is 1. The van der Waals surface area contributed by atoms with Crippen molar-refractivity contribution in [3.05, 3.63) is 47.7 Å². The molecule has 0 heterocycles. The maximum Gasteiger partial charge on any atom is 0.279 e. The number of carbonyl (C=O) groups excluding carboxylic acids is 2. The third-order valence-corrected chi connectivity index (χ3v) is 7.83. The molecule has 31 heavy (non-hydrogen) atoms. The van der Waals surface area contributed by atoms with Crippen molar-refractivity contribution in [3.8, 4) is 0 Å². The monoisotopic (exact) mass is 439 g/mol. The Hall–Kier alpha value is -2.54. The fraction of sp³-hybridized carbons (Fsp3) is 0.458. The summed E-state index contributed by atoms with van der Waals surface area (Å²) in [6.07, 6.45) is 11.0. The second kappa shape index (κ2) is 9.30. The van der Waals surface area contributed by atoms with Crippen LogP contribution in [-0.4, -0.2) is 34.0 Å². The number of carbonyl (C=O) groups is 2. The summed E-state index contributed by atoms with van der Waals surface area (Å²) in [6, 6.07) is 5.81. The summed E-state index contributed by atoms with van der Waals surface area (Å²) in [5, 5.41) is 3.09. The third kappa shape index (κ3) is 5.39. The number of benzene rings is 1. The van der Waals surface area contributed by atoms with E-state index in [0.29, 0.717) is 24.3 Å². The molecule has 2 atom stereocenters. The molecule has 1 amide bonds. The van der Waals surface area contributed by atoms with Crippen molar-refractivity contribution in [1.29, 1.82) is 0 Å². The molecule has 0 bridgehead atoms. The summed E-state index contributed by atoms with van der Waals surface area (Å²) >= 11 is 0. The molecule has 164 valence electrons. The second-order valence-corrected chi connectivity index (χ2v) is 10.3. The Morgan fingerprint density at radius 1 is 1.23 bits per heavy atom. The number of hydrogen-bond donors (Lipinski definition) is 2. The van der Waals surface area contributed by atoms with Gasteiger partial charge in [0.1, 0.15) is 11.6 Å². The molecule has 6 nitrogen and oxygen atoms in total. The van der Waals surface area contributed by atoms with Crippen molar-refractivity contribution in [2.45, 2.75) is 61.0 Å². The number of amidine groups is 1. The summed E-state index contributed by atoms with van der Waals surface area (Å²) in [5.74, 6) is 0.355. The largest absolute Gasteiger partial charge is 0.394 e. The minimum absolute atomic E-state index is 0.0281. The molecule has 1 unspecified atom stereocenters. The highest BCUT2D eigenvalue weighted by atomic mass is 32.2. The van der Waals surface area contributed by atoms with E-state index in [2.05, 4.69) is 10.3 Å². The molecule has 3 N–H and O–H groups in total. The number of Topliss-reactive ketones (excluding diaryl/α,β-unsaturated/α-hetero) is 1. The molecule has 3 aliphatic carbocycles. The van der Waals surface area contributed by atoms with Crippen molar-refractivity contribution in [2.75, 3.05) is 7.05 Å². The summed E-state index contributed by atoms with van der Waals surface area (Å²) in [5.41, 5.74) is 8.20. The van der Waals surface area contributed by atoms with Crippen LogP contribution >= 0.6 is 0 Å². The number of nitrogens with zero attached hydrogens (tertiary/aromatic N) is 1. The molecule has 3 aliphatic rings. The normalized spacial score (nSPS) is 23.4. The smallest absolute Gasteiger partial charge is 0.279 e. The zero-order valence-electron chi connectivity index (χ0n) is 17.8. The molecule has 3 fully saturated rings. The van der Waals surface area contributed by atoms with Crippen LogP contribution in [0.3, 0.4) is 0 Å². The summed E-state index contributed by atoms with van der Waals surface area (Å²) < 4.78 is 12.9. The van der Waals surface area contributed by atoms with Gasteiger partial charge in [0.2, 0.25) is 0 Å². The van der Waals surface area contributed by atoms with Crippen molar-refractivity contribution in [1.82, 2.24) is 5.32 Å². The number of ketones is 1. The number of hydrogen-bond acceptors (Lipinski definition) is 4. The van der Waals surface area contributed by atoms with E-state index < -0.39 is 16.7 Å². The average Bonchev–Trinajstić information content (AvgIpc) is 3.67. The average molecular weight is 440 g/mol. The van der Waals surface area contributed by atoms with Gasteiger partial charge in [-0.25, -0.2) is 0 Å². The number of aliphatic imine (C=N–C) groups is 1. The van der Waals surface area contributed by atoms with Gasteiger partial charge in [-0.2, -0.15) is 4.99 Å². The van der Waals surface area contributed by atoms with Crippen molar-refractivity contribution in [2.24, 2.45) is 16.6 Å². The predicted octanol–water partition coefficient (Wildman–Crippen LogP) is 3.20. The molecular weight excluding hydrogens is 410 g/mol. The zero-order chi connectivity index (χ0) is 22.0. The van der Waals surface area contributed by atoms with Gasteiger partial charge in [-0.15, -0.1) is 0 Å². The van der Waals surface area contributed by atoms with Crippen molar-refractivity contribution >= 4 is 33.9 Å². The molecular formula is C24H29N3O3S. The van der Waals surface area contributed by atoms with E-state index in [4.69, 9.17) is 5.73 Å². The maximum atomic E-state index is 13.1. The third-order valence-electron chi connectivity index (χ3n) is 5.95. The lowest BCUT2D eigenvalue weighted by Crippen LogP contribution is -2.14. The Balaban J connectivity index is 1.70. The number of nitrogens with one attached hydrogen (secondary N) is 1. The fourth-order valence-electron chi connectivity index (χ4n) is 3.97. The minimum atomic E-state index is -0.983. The lowest BCUT2D eigenvalue weighted by atomic mass is 9.96. The highest BCUT2D eigenvalue weighted by molar-refractivity contribution is 7.86. The van der Waals surface area contributed by atoms with Crippen LogP contribution in [0, 0.1) is 5.92 Å². The molecule has 7 heteroatoms. The van der Waals surface area contributed by atoms with Crippen LogP contribution in [0.15, 0.2) is 46.4 Å². The van der Waals surface area contributed by atoms with Crippen molar-refractivity contribution < 1.29 is 13.8 Å². The van der Waals surface area contributed by atoms with E-state index in [9.17, 15) is 13.8 Å². The van der Waals surface area contributed by atoms with E-state index in [1.165, 1.54) is 6.08 Å². The van der Waals surface area contributed by atoms with Gasteiger partial charge < -0.3 is 11.1 Å². The molecule has 4 rings (SSSR count). The van der Waals surface area contributed by atoms with E-state index in [-0.39, 0.29) is 22.8 Å². The van der Waals surface area contributed by atoms with Gasteiger partial charge in [0.25, 0.3) is 5.91 Å². The van der Waals surface area contributed by atoms with Crippen LogP contribution in [0.2, 0.25) is 0 Å². The van der Waals surface area contributed by atoms with Crippen molar-refractivity contribution in [3.63, 3.8) is 0 Å². The predicted molar refractivity (Wildman–Crippen MR) is 123 cm³/mol. The molecule has 0 aliphatic heterocycles. The molecule has 0 spiro atoms. The molecule has 1 aromatic carbocycles.